The van der Waals surface area contributed by atoms with E-state index in [-0.39, 0.29) is 17.5 Å². The van der Waals surface area contributed by atoms with Gasteiger partial charge in [-0.15, -0.1) is 0 Å². The van der Waals surface area contributed by atoms with Gasteiger partial charge >= 0.3 is 0 Å². The Hall–Kier alpha value is -2.19. The number of hydrogen-bond donors (Lipinski definition) is 2. The van der Waals surface area contributed by atoms with Gasteiger partial charge in [-0.05, 0) is 31.0 Å². The highest BCUT2D eigenvalue weighted by molar-refractivity contribution is 6.32. The number of anilines is 1. The SMILES string of the molecule is COc1ccc(N/C=C(/C#N)C(=O)NC2CCCCC2)cc1Cl. The molecule has 0 radical (unpaired) electrons. The number of carbonyl (C=O) groups excluding carboxylic acids is 1. The molecule has 1 saturated carbocycles. The molecule has 1 amide bonds. The van der Waals surface area contributed by atoms with E-state index in [1.165, 1.54) is 19.7 Å². The van der Waals surface area contributed by atoms with Crippen LogP contribution in [0, 0.1) is 11.3 Å². The van der Waals surface area contributed by atoms with E-state index < -0.39 is 0 Å². The minimum absolute atomic E-state index is 0.0440. The highest BCUT2D eigenvalue weighted by atomic mass is 35.5. The zero-order valence-corrected chi connectivity index (χ0v) is 13.8. The van der Waals surface area contributed by atoms with E-state index in [0.717, 1.165) is 25.7 Å². The molecule has 0 saturated heterocycles. The Labute approximate surface area is 141 Å². The normalized spacial score (nSPS) is 15.6. The molecule has 2 N–H and O–H groups in total. The van der Waals surface area contributed by atoms with Crippen molar-refractivity contribution in [2.75, 3.05) is 12.4 Å². The summed E-state index contributed by atoms with van der Waals surface area (Å²) in [6.45, 7) is 0. The predicted molar refractivity (Wildman–Crippen MR) is 90.3 cm³/mol. The number of hydrogen-bond acceptors (Lipinski definition) is 4. The fourth-order valence-corrected chi connectivity index (χ4v) is 2.83. The zero-order chi connectivity index (χ0) is 16.7. The minimum atomic E-state index is -0.341. The van der Waals surface area contributed by atoms with Crippen LogP contribution in [0.5, 0.6) is 5.75 Å². The van der Waals surface area contributed by atoms with Crippen LogP contribution in [-0.4, -0.2) is 19.1 Å². The summed E-state index contributed by atoms with van der Waals surface area (Å²) in [6, 6.07) is 7.24. The second kappa shape index (κ2) is 8.44. The number of nitriles is 1. The average Bonchev–Trinajstić information content (AvgIpc) is 2.56. The van der Waals surface area contributed by atoms with Crippen molar-refractivity contribution in [3.8, 4) is 11.8 Å². The third-order valence-corrected chi connectivity index (χ3v) is 4.14. The lowest BCUT2D eigenvalue weighted by Gasteiger charge is -2.22. The van der Waals surface area contributed by atoms with E-state index in [4.69, 9.17) is 16.3 Å². The first-order valence-corrected chi connectivity index (χ1v) is 8.03. The molecule has 122 valence electrons. The van der Waals surface area contributed by atoms with Gasteiger partial charge in [0.25, 0.3) is 5.91 Å². The Morgan fingerprint density at radius 3 is 2.74 bits per heavy atom. The number of amides is 1. The Balaban J connectivity index is 1.99. The highest BCUT2D eigenvalue weighted by Crippen LogP contribution is 2.27. The Morgan fingerprint density at radius 1 is 1.39 bits per heavy atom. The summed E-state index contributed by atoms with van der Waals surface area (Å²) >= 11 is 6.04. The molecular weight excluding hydrogens is 314 g/mol. The van der Waals surface area contributed by atoms with Crippen LogP contribution in [0.2, 0.25) is 5.02 Å². The van der Waals surface area contributed by atoms with Crippen molar-refractivity contribution in [1.82, 2.24) is 5.32 Å². The van der Waals surface area contributed by atoms with Crippen LogP contribution in [0.4, 0.5) is 5.69 Å². The quantitative estimate of drug-likeness (QED) is 0.637. The second-order valence-electron chi connectivity index (χ2n) is 5.47. The Kier molecular flexibility index (Phi) is 6.30. The molecule has 1 aromatic rings. The van der Waals surface area contributed by atoms with E-state index >= 15 is 0 Å². The van der Waals surface area contributed by atoms with Crippen molar-refractivity contribution in [3.05, 3.63) is 35.0 Å². The van der Waals surface area contributed by atoms with E-state index in [2.05, 4.69) is 10.6 Å². The maximum Gasteiger partial charge on any atom is 0.263 e. The molecule has 6 heteroatoms. The van der Waals surface area contributed by atoms with Crippen LogP contribution < -0.4 is 15.4 Å². The van der Waals surface area contributed by atoms with Crippen LogP contribution >= 0.6 is 11.6 Å². The van der Waals surface area contributed by atoms with E-state index in [1.807, 2.05) is 6.07 Å². The number of carbonyl (C=O) groups is 1. The molecule has 1 aliphatic rings. The van der Waals surface area contributed by atoms with Gasteiger partial charge in [0.1, 0.15) is 17.4 Å². The van der Waals surface area contributed by atoms with Gasteiger partial charge in [0, 0.05) is 17.9 Å². The summed E-state index contributed by atoms with van der Waals surface area (Å²) in [5, 5.41) is 15.5. The summed E-state index contributed by atoms with van der Waals surface area (Å²) in [7, 11) is 1.54. The molecule has 0 unspecified atom stereocenters. The fraction of sp³-hybridized carbons (Fsp3) is 0.412. The van der Waals surface area contributed by atoms with E-state index in [0.29, 0.717) is 16.5 Å². The molecular formula is C17H20ClN3O2. The molecule has 0 spiro atoms. The van der Waals surface area contributed by atoms with Crippen molar-refractivity contribution in [3.63, 3.8) is 0 Å². The van der Waals surface area contributed by atoms with Crippen LogP contribution in [0.25, 0.3) is 0 Å². The van der Waals surface area contributed by atoms with Crippen LogP contribution in [0.3, 0.4) is 0 Å². The third-order valence-electron chi connectivity index (χ3n) is 3.84. The van der Waals surface area contributed by atoms with Gasteiger partial charge in [0.05, 0.1) is 12.1 Å². The maximum absolute atomic E-state index is 12.1. The predicted octanol–water partition coefficient (Wildman–Crippen LogP) is 3.62. The molecule has 0 atom stereocenters. The number of halogens is 1. The summed E-state index contributed by atoms with van der Waals surface area (Å²) in [5.74, 6) is 0.225. The van der Waals surface area contributed by atoms with Gasteiger partial charge in [0.15, 0.2) is 0 Å². The van der Waals surface area contributed by atoms with Gasteiger partial charge in [-0.3, -0.25) is 4.79 Å². The molecule has 1 aliphatic carbocycles. The maximum atomic E-state index is 12.1. The number of nitrogens with zero attached hydrogens (tertiary/aromatic N) is 1. The molecule has 1 fully saturated rings. The van der Waals surface area contributed by atoms with Crippen molar-refractivity contribution in [2.45, 2.75) is 38.1 Å². The first-order chi connectivity index (χ1) is 11.1. The molecule has 23 heavy (non-hydrogen) atoms. The van der Waals surface area contributed by atoms with Crippen molar-refractivity contribution < 1.29 is 9.53 Å². The summed E-state index contributed by atoms with van der Waals surface area (Å²) < 4.78 is 5.08. The average molecular weight is 334 g/mol. The zero-order valence-electron chi connectivity index (χ0n) is 13.1. The number of methoxy groups -OCH3 is 1. The molecule has 0 aliphatic heterocycles. The van der Waals surface area contributed by atoms with Gasteiger partial charge in [-0.25, -0.2) is 0 Å². The molecule has 0 aromatic heterocycles. The molecule has 5 nitrogen and oxygen atoms in total. The largest absolute Gasteiger partial charge is 0.495 e. The van der Waals surface area contributed by atoms with Crippen LogP contribution in [0.1, 0.15) is 32.1 Å². The van der Waals surface area contributed by atoms with Crippen molar-refractivity contribution in [2.24, 2.45) is 0 Å². The molecule has 0 bridgehead atoms. The number of rotatable bonds is 5. The van der Waals surface area contributed by atoms with Crippen molar-refractivity contribution in [1.29, 1.82) is 5.26 Å². The topological polar surface area (TPSA) is 74.1 Å². The van der Waals surface area contributed by atoms with Gasteiger partial charge in [0.2, 0.25) is 0 Å². The minimum Gasteiger partial charge on any atom is -0.495 e. The summed E-state index contributed by atoms with van der Waals surface area (Å²) in [6.07, 6.45) is 6.82. The molecule has 2 rings (SSSR count). The highest BCUT2D eigenvalue weighted by Gasteiger charge is 2.18. The summed E-state index contributed by atoms with van der Waals surface area (Å²) in [4.78, 5) is 12.1. The van der Waals surface area contributed by atoms with E-state index in [9.17, 15) is 10.1 Å². The van der Waals surface area contributed by atoms with Crippen LogP contribution in [-0.2, 0) is 4.79 Å². The smallest absolute Gasteiger partial charge is 0.263 e. The third kappa shape index (κ3) is 4.90. The Bertz CT molecular complexity index is 631. The second-order valence-corrected chi connectivity index (χ2v) is 5.88. The van der Waals surface area contributed by atoms with Crippen LogP contribution in [0.15, 0.2) is 30.0 Å². The lowest BCUT2D eigenvalue weighted by atomic mass is 9.95. The fourth-order valence-electron chi connectivity index (χ4n) is 2.57. The van der Waals surface area contributed by atoms with Crippen molar-refractivity contribution >= 4 is 23.2 Å². The van der Waals surface area contributed by atoms with Gasteiger partial charge in [-0.2, -0.15) is 5.26 Å². The standard InChI is InChI=1S/C17H20ClN3O2/c1-23-16-8-7-14(9-15(16)18)20-11-12(10-19)17(22)21-13-5-3-2-4-6-13/h7-9,11,13,20H,2-6H2,1H3,(H,21,22)/b12-11-. The first-order valence-electron chi connectivity index (χ1n) is 7.65. The number of ether oxygens (including phenoxy) is 1. The number of nitrogens with one attached hydrogen (secondary N) is 2. The Morgan fingerprint density at radius 2 is 2.13 bits per heavy atom. The number of benzene rings is 1. The van der Waals surface area contributed by atoms with E-state index in [1.54, 1.807) is 18.2 Å². The first kappa shape index (κ1) is 17.2. The summed E-state index contributed by atoms with van der Waals surface area (Å²) in [5.41, 5.74) is 0.719. The van der Waals surface area contributed by atoms with Gasteiger partial charge in [-0.1, -0.05) is 30.9 Å². The monoisotopic (exact) mass is 333 g/mol. The lowest BCUT2D eigenvalue weighted by molar-refractivity contribution is -0.118. The van der Waals surface area contributed by atoms with Gasteiger partial charge < -0.3 is 15.4 Å². The molecule has 0 heterocycles. The molecule has 1 aromatic carbocycles. The lowest BCUT2D eigenvalue weighted by Crippen LogP contribution is -2.37.